The van der Waals surface area contributed by atoms with E-state index in [1.165, 1.54) is 168 Å². The zero-order valence-electron chi connectivity index (χ0n) is 32.8. The van der Waals surface area contributed by atoms with Crippen LogP contribution in [0.3, 0.4) is 0 Å². The first-order valence-electron chi connectivity index (χ1n) is 21.2. The Balaban J connectivity index is 3.72. The van der Waals surface area contributed by atoms with E-state index in [2.05, 4.69) is 24.5 Å². The lowest BCUT2D eigenvalue weighted by atomic mass is 10.0. The maximum absolute atomic E-state index is 12.4. The van der Waals surface area contributed by atoms with Gasteiger partial charge in [-0.2, -0.15) is 0 Å². The Morgan fingerprint density at radius 1 is 0.367 bits per heavy atom. The Bertz CT molecular complexity index is 738. The Morgan fingerprint density at radius 3 is 0.796 bits per heavy atom. The molecule has 0 saturated carbocycles. The van der Waals surface area contributed by atoms with Crippen LogP contribution in [0, 0.1) is 0 Å². The standard InChI is InChI=1S/C42H80N2O5/c1-5-7-9-11-13-15-17-19-21-23-25-27-29-31-33-35-39(45)43-37(3)41(47)49-42(48)38(4)44-40(46)36-34-32-30-28-26-24-22-20-18-16-14-12-10-8-6-2/h37-38H,5-36H2,1-4H3,(H,43,45)(H,44,46)/t37-,38-/m0/s1. The average Bonchev–Trinajstić information content (AvgIpc) is 3.08. The van der Waals surface area contributed by atoms with Crippen molar-refractivity contribution in [1.82, 2.24) is 10.6 Å². The number of carbonyl (C=O) groups excluding carboxylic acids is 4. The molecule has 7 heteroatoms. The summed E-state index contributed by atoms with van der Waals surface area (Å²) in [5, 5.41) is 5.27. The van der Waals surface area contributed by atoms with Gasteiger partial charge in [0.15, 0.2) is 0 Å². The maximum Gasteiger partial charge on any atom is 0.336 e. The first kappa shape index (κ1) is 47.1. The first-order valence-corrected chi connectivity index (χ1v) is 21.2. The SMILES string of the molecule is CCCCCCCCCCCCCCCCCC(=O)N[C@@H](C)C(=O)OC(=O)[C@H](C)NC(=O)CCCCCCCCCCCCCCCCC. The summed E-state index contributed by atoms with van der Waals surface area (Å²) in [6.07, 6.45) is 38.7. The molecule has 2 atom stereocenters. The van der Waals surface area contributed by atoms with Crippen molar-refractivity contribution in [3.8, 4) is 0 Å². The number of rotatable bonds is 36. The van der Waals surface area contributed by atoms with Gasteiger partial charge in [-0.1, -0.05) is 194 Å². The largest absolute Gasteiger partial charge is 0.390 e. The fourth-order valence-electron chi connectivity index (χ4n) is 6.33. The molecule has 288 valence electrons. The van der Waals surface area contributed by atoms with E-state index in [4.69, 9.17) is 4.74 Å². The highest BCUT2D eigenvalue weighted by molar-refractivity contribution is 5.94. The highest BCUT2D eigenvalue weighted by atomic mass is 16.6. The van der Waals surface area contributed by atoms with Crippen LogP contribution in [0.15, 0.2) is 0 Å². The second-order valence-corrected chi connectivity index (χ2v) is 14.7. The molecule has 49 heavy (non-hydrogen) atoms. The van der Waals surface area contributed by atoms with Gasteiger partial charge in [0.1, 0.15) is 12.1 Å². The van der Waals surface area contributed by atoms with E-state index in [1.807, 2.05) is 0 Å². The maximum atomic E-state index is 12.4. The lowest BCUT2D eigenvalue weighted by Gasteiger charge is -2.16. The molecule has 0 rings (SSSR count). The van der Waals surface area contributed by atoms with Crippen LogP contribution in [0.25, 0.3) is 0 Å². The molecule has 0 aliphatic carbocycles. The molecule has 0 unspecified atom stereocenters. The van der Waals surface area contributed by atoms with E-state index in [-0.39, 0.29) is 11.8 Å². The number of esters is 2. The lowest BCUT2D eigenvalue weighted by molar-refractivity contribution is -0.163. The van der Waals surface area contributed by atoms with E-state index in [0.29, 0.717) is 12.8 Å². The minimum absolute atomic E-state index is 0.212. The molecule has 2 amide bonds. The van der Waals surface area contributed by atoms with Crippen LogP contribution in [-0.4, -0.2) is 35.8 Å². The smallest absolute Gasteiger partial charge is 0.336 e. The van der Waals surface area contributed by atoms with Gasteiger partial charge in [0.25, 0.3) is 0 Å². The number of carbonyl (C=O) groups is 4. The summed E-state index contributed by atoms with van der Waals surface area (Å²) in [5.41, 5.74) is 0. The summed E-state index contributed by atoms with van der Waals surface area (Å²) < 4.78 is 4.93. The van der Waals surface area contributed by atoms with Crippen molar-refractivity contribution in [2.45, 2.75) is 245 Å². The third-order valence-corrected chi connectivity index (χ3v) is 9.68. The van der Waals surface area contributed by atoms with Crippen LogP contribution in [0.2, 0.25) is 0 Å². The van der Waals surface area contributed by atoms with Crippen molar-refractivity contribution in [3.05, 3.63) is 0 Å². The van der Waals surface area contributed by atoms with Crippen LogP contribution in [0.4, 0.5) is 0 Å². The third kappa shape index (κ3) is 33.0. The quantitative estimate of drug-likeness (QED) is 0.0386. The van der Waals surface area contributed by atoms with Crippen molar-refractivity contribution < 1.29 is 23.9 Å². The molecule has 0 aliphatic rings. The van der Waals surface area contributed by atoms with E-state index in [9.17, 15) is 19.2 Å². The van der Waals surface area contributed by atoms with Crippen LogP contribution < -0.4 is 10.6 Å². The molecule has 2 N–H and O–H groups in total. The Hall–Kier alpha value is -1.92. The number of ether oxygens (including phenoxy) is 1. The van der Waals surface area contributed by atoms with Gasteiger partial charge in [-0.15, -0.1) is 0 Å². The first-order chi connectivity index (χ1) is 23.8. The molecule has 0 aromatic rings. The summed E-state index contributed by atoms with van der Waals surface area (Å²) >= 11 is 0. The second-order valence-electron chi connectivity index (χ2n) is 14.7. The van der Waals surface area contributed by atoms with Crippen molar-refractivity contribution in [2.75, 3.05) is 0 Å². The fraction of sp³-hybridized carbons (Fsp3) is 0.905. The molecular weight excluding hydrogens is 612 g/mol. The lowest BCUT2D eigenvalue weighted by Crippen LogP contribution is -2.44. The minimum Gasteiger partial charge on any atom is -0.390 e. The highest BCUT2D eigenvalue weighted by Crippen LogP contribution is 2.15. The summed E-state index contributed by atoms with van der Waals surface area (Å²) in [7, 11) is 0. The van der Waals surface area contributed by atoms with Crippen molar-refractivity contribution in [1.29, 1.82) is 0 Å². The summed E-state index contributed by atoms with van der Waals surface area (Å²) in [5.74, 6) is -2.04. The zero-order chi connectivity index (χ0) is 36.2. The average molecular weight is 693 g/mol. The predicted octanol–water partition coefficient (Wildman–Crippen LogP) is 11.6. The second kappa shape index (κ2) is 35.9. The van der Waals surface area contributed by atoms with Crippen molar-refractivity contribution in [2.24, 2.45) is 0 Å². The van der Waals surface area contributed by atoms with Gasteiger partial charge in [-0.3, -0.25) is 9.59 Å². The van der Waals surface area contributed by atoms with E-state index in [0.717, 1.165) is 38.5 Å². The van der Waals surface area contributed by atoms with E-state index in [1.54, 1.807) is 0 Å². The number of hydrogen-bond donors (Lipinski definition) is 2. The van der Waals surface area contributed by atoms with Gasteiger partial charge in [0, 0.05) is 12.8 Å². The van der Waals surface area contributed by atoms with E-state index >= 15 is 0 Å². The van der Waals surface area contributed by atoms with Crippen molar-refractivity contribution >= 4 is 23.8 Å². The summed E-state index contributed by atoms with van der Waals surface area (Å²) in [6.45, 7) is 7.55. The topological polar surface area (TPSA) is 102 Å². The van der Waals surface area contributed by atoms with Gasteiger partial charge in [0.05, 0.1) is 0 Å². The van der Waals surface area contributed by atoms with Crippen LogP contribution in [-0.2, 0) is 23.9 Å². The third-order valence-electron chi connectivity index (χ3n) is 9.68. The Kier molecular flexibility index (Phi) is 34.5. The molecule has 0 aromatic heterocycles. The van der Waals surface area contributed by atoms with Gasteiger partial charge in [0.2, 0.25) is 11.8 Å². The summed E-state index contributed by atoms with van der Waals surface area (Å²) in [4.78, 5) is 49.3. The number of amides is 2. The minimum atomic E-state index is -0.920. The molecule has 7 nitrogen and oxygen atoms in total. The van der Waals surface area contributed by atoms with Crippen LogP contribution >= 0.6 is 0 Å². The Morgan fingerprint density at radius 2 is 0.571 bits per heavy atom. The molecule has 0 aliphatic heterocycles. The Labute approximate surface area is 303 Å². The predicted molar refractivity (Wildman–Crippen MR) is 205 cm³/mol. The molecule has 0 radical (unpaired) electrons. The molecule has 0 heterocycles. The highest BCUT2D eigenvalue weighted by Gasteiger charge is 2.24. The molecule has 0 saturated heterocycles. The van der Waals surface area contributed by atoms with Crippen molar-refractivity contribution in [3.63, 3.8) is 0 Å². The number of unbranched alkanes of at least 4 members (excludes halogenated alkanes) is 28. The van der Waals surface area contributed by atoms with Crippen LogP contribution in [0.5, 0.6) is 0 Å². The molecule has 0 aromatic carbocycles. The normalized spacial score (nSPS) is 12.4. The number of hydrogen-bond acceptors (Lipinski definition) is 5. The molecule has 0 bridgehead atoms. The monoisotopic (exact) mass is 693 g/mol. The van der Waals surface area contributed by atoms with Gasteiger partial charge in [-0.25, -0.2) is 9.59 Å². The fourth-order valence-corrected chi connectivity index (χ4v) is 6.33. The molecule has 0 fully saturated rings. The van der Waals surface area contributed by atoms with Gasteiger partial charge < -0.3 is 15.4 Å². The summed E-state index contributed by atoms with van der Waals surface area (Å²) in [6, 6.07) is -1.84. The zero-order valence-corrected chi connectivity index (χ0v) is 32.8. The van der Waals surface area contributed by atoms with Crippen LogP contribution in [0.1, 0.15) is 233 Å². The van der Waals surface area contributed by atoms with E-state index < -0.39 is 24.0 Å². The molecule has 0 spiro atoms. The van der Waals surface area contributed by atoms with Gasteiger partial charge in [-0.05, 0) is 26.7 Å². The molecular formula is C42H80N2O5. The van der Waals surface area contributed by atoms with Gasteiger partial charge >= 0.3 is 11.9 Å². The number of nitrogens with one attached hydrogen (secondary N) is 2.